The average molecular weight is 341 g/mol. The van der Waals surface area contributed by atoms with Gasteiger partial charge < -0.3 is 14.9 Å². The van der Waals surface area contributed by atoms with Crippen molar-refractivity contribution in [2.75, 3.05) is 13.2 Å². The maximum absolute atomic E-state index is 12.2. The van der Waals surface area contributed by atoms with Crippen LogP contribution in [0.15, 0.2) is 5.11 Å². The molecule has 3 N–H and O–H groups in total. The number of aliphatic carboxylic acids is 1. The van der Waals surface area contributed by atoms with Gasteiger partial charge in [-0.15, -0.1) is 0 Å². The molecule has 0 spiro atoms. The van der Waals surface area contributed by atoms with Gasteiger partial charge in [-0.2, -0.15) is 0 Å². The van der Waals surface area contributed by atoms with Gasteiger partial charge in [-0.25, -0.2) is 4.79 Å². The van der Waals surface area contributed by atoms with Crippen LogP contribution in [0.25, 0.3) is 10.4 Å². The monoisotopic (exact) mass is 341 g/mol. The van der Waals surface area contributed by atoms with Crippen molar-refractivity contribution in [3.05, 3.63) is 10.4 Å². The molecule has 0 aromatic rings. The van der Waals surface area contributed by atoms with E-state index in [1.165, 1.54) is 18.7 Å². The van der Waals surface area contributed by atoms with Gasteiger partial charge in [0.15, 0.2) is 0 Å². The number of carbonyl (C=O) groups is 3. The molecule has 0 aromatic carbocycles. The van der Waals surface area contributed by atoms with Crippen molar-refractivity contribution in [2.45, 2.75) is 38.6 Å². The molecular weight excluding hydrogens is 322 g/mol. The van der Waals surface area contributed by atoms with Gasteiger partial charge in [0.25, 0.3) is 0 Å². The third-order valence-corrected chi connectivity index (χ3v) is 4.76. The summed E-state index contributed by atoms with van der Waals surface area (Å²) in [5.74, 6) is -2.85. The van der Waals surface area contributed by atoms with Crippen molar-refractivity contribution in [2.24, 2.45) is 16.4 Å². The van der Waals surface area contributed by atoms with E-state index in [0.29, 0.717) is 0 Å². The number of aliphatic hydroxyl groups is 1. The number of ether oxygens (including phenoxy) is 1. The van der Waals surface area contributed by atoms with Gasteiger partial charge in [-0.1, -0.05) is 12.0 Å². The molecule has 5 atom stereocenters. The van der Waals surface area contributed by atoms with E-state index in [1.54, 1.807) is 0 Å². The van der Waals surface area contributed by atoms with Crippen LogP contribution in [0.2, 0.25) is 0 Å². The highest BCUT2D eigenvalue weighted by Gasteiger charge is 2.52. The van der Waals surface area contributed by atoms with E-state index in [4.69, 9.17) is 10.3 Å². The Bertz CT molecular complexity index is 606. The zero-order valence-electron chi connectivity index (χ0n) is 13.2. The molecular formula is C13H19N5O6. The van der Waals surface area contributed by atoms with Crippen molar-refractivity contribution in [1.29, 1.82) is 0 Å². The summed E-state index contributed by atoms with van der Waals surface area (Å²) in [4.78, 5) is 39.5. The standard InChI is InChI=1S/C13H19N5O6/c1-6(10(20)21)13(2)5-18(12(23)15-11(13)22)9-3-7(16-17-14)8(4-19)24-9/h6-9,19H,3-5H2,1-2H3,(H,20,21)(H,15,22,23)/t6?,7?,8-,9-,13?/m1/s1. The zero-order chi connectivity index (χ0) is 18.1. The van der Waals surface area contributed by atoms with Gasteiger partial charge in [0.05, 0.1) is 30.1 Å². The summed E-state index contributed by atoms with van der Waals surface area (Å²) in [7, 11) is 0. The highest BCUT2D eigenvalue weighted by Crippen LogP contribution is 2.35. The van der Waals surface area contributed by atoms with Gasteiger partial charge in [0.2, 0.25) is 5.91 Å². The molecule has 0 bridgehead atoms. The third kappa shape index (κ3) is 3.01. The lowest BCUT2D eigenvalue weighted by Gasteiger charge is -2.43. The molecule has 0 aromatic heterocycles. The first-order valence-corrected chi connectivity index (χ1v) is 7.40. The van der Waals surface area contributed by atoms with E-state index < -0.39 is 54.2 Å². The Morgan fingerprint density at radius 3 is 2.83 bits per heavy atom. The van der Waals surface area contributed by atoms with E-state index in [-0.39, 0.29) is 13.0 Å². The highest BCUT2D eigenvalue weighted by molar-refractivity contribution is 6.01. The fraction of sp³-hybridized carbons (Fsp3) is 0.769. The van der Waals surface area contributed by atoms with E-state index in [1.807, 2.05) is 0 Å². The lowest BCUT2D eigenvalue weighted by atomic mass is 9.75. The van der Waals surface area contributed by atoms with Crippen LogP contribution in [-0.4, -0.2) is 64.5 Å². The number of imide groups is 1. The zero-order valence-corrected chi connectivity index (χ0v) is 13.2. The number of carbonyl (C=O) groups excluding carboxylic acids is 2. The number of hydrogen-bond donors (Lipinski definition) is 3. The highest BCUT2D eigenvalue weighted by atomic mass is 16.5. The summed E-state index contributed by atoms with van der Waals surface area (Å²) in [5.41, 5.74) is 7.22. The van der Waals surface area contributed by atoms with E-state index in [9.17, 15) is 24.6 Å². The van der Waals surface area contributed by atoms with Crippen LogP contribution in [-0.2, 0) is 14.3 Å². The molecule has 2 fully saturated rings. The SMILES string of the molecule is CC(C(=O)O)C1(C)CN([C@H]2CC(N=[N+]=[N-])[C@@H](CO)O2)C(=O)NC1=O. The molecule has 2 aliphatic rings. The molecule has 0 saturated carbocycles. The number of hydrogen-bond acceptors (Lipinski definition) is 6. The van der Waals surface area contributed by atoms with Crippen LogP contribution in [0.3, 0.4) is 0 Å². The number of urea groups is 1. The van der Waals surface area contributed by atoms with E-state index >= 15 is 0 Å². The van der Waals surface area contributed by atoms with Gasteiger partial charge in [0, 0.05) is 17.9 Å². The van der Waals surface area contributed by atoms with Crippen molar-refractivity contribution in [3.63, 3.8) is 0 Å². The lowest BCUT2D eigenvalue weighted by molar-refractivity contribution is -0.156. The largest absolute Gasteiger partial charge is 0.481 e. The molecule has 0 aliphatic carbocycles. The number of aliphatic hydroxyl groups excluding tert-OH is 1. The van der Waals surface area contributed by atoms with Crippen LogP contribution in [0, 0.1) is 11.3 Å². The smallest absolute Gasteiger partial charge is 0.326 e. The van der Waals surface area contributed by atoms with Crippen molar-refractivity contribution in [1.82, 2.24) is 10.2 Å². The summed E-state index contributed by atoms with van der Waals surface area (Å²) in [5, 5.41) is 24.2. The Kier molecular flexibility index (Phi) is 4.97. The normalized spacial score (nSPS) is 34.5. The average Bonchev–Trinajstić information content (AvgIpc) is 2.93. The van der Waals surface area contributed by atoms with Gasteiger partial charge in [-0.05, 0) is 12.5 Å². The van der Waals surface area contributed by atoms with Crippen LogP contribution in [0.5, 0.6) is 0 Å². The summed E-state index contributed by atoms with van der Waals surface area (Å²) in [6.07, 6.45) is -1.44. The summed E-state index contributed by atoms with van der Waals surface area (Å²) in [6, 6.07) is -1.36. The second kappa shape index (κ2) is 6.63. The number of carboxylic acid groups (broad SMARTS) is 1. The quantitative estimate of drug-likeness (QED) is 0.363. The molecule has 2 heterocycles. The molecule has 11 heteroatoms. The minimum atomic E-state index is -1.34. The Hall–Kier alpha value is -2.36. The number of nitrogens with one attached hydrogen (secondary N) is 1. The topological polar surface area (TPSA) is 165 Å². The van der Waals surface area contributed by atoms with Crippen LogP contribution in [0.1, 0.15) is 20.3 Å². The molecule has 2 aliphatic heterocycles. The first-order valence-electron chi connectivity index (χ1n) is 7.40. The van der Waals surface area contributed by atoms with Crippen LogP contribution in [0.4, 0.5) is 4.79 Å². The van der Waals surface area contributed by atoms with Crippen molar-refractivity contribution >= 4 is 17.9 Å². The van der Waals surface area contributed by atoms with Crippen molar-refractivity contribution in [3.8, 4) is 0 Å². The maximum Gasteiger partial charge on any atom is 0.326 e. The van der Waals surface area contributed by atoms with Gasteiger partial charge in [0.1, 0.15) is 6.23 Å². The molecule has 132 valence electrons. The molecule has 11 nitrogen and oxygen atoms in total. The summed E-state index contributed by atoms with van der Waals surface area (Å²) >= 11 is 0. The van der Waals surface area contributed by atoms with Gasteiger partial charge in [-0.3, -0.25) is 19.8 Å². The number of amides is 3. The van der Waals surface area contributed by atoms with Crippen LogP contribution >= 0.6 is 0 Å². The minimum Gasteiger partial charge on any atom is -0.481 e. The Morgan fingerprint density at radius 2 is 2.29 bits per heavy atom. The first-order chi connectivity index (χ1) is 11.2. The number of rotatable bonds is 5. The number of carboxylic acids is 1. The van der Waals surface area contributed by atoms with E-state index in [0.717, 1.165) is 0 Å². The Balaban J connectivity index is 2.24. The molecule has 3 unspecified atom stereocenters. The predicted molar refractivity (Wildman–Crippen MR) is 78.4 cm³/mol. The van der Waals surface area contributed by atoms with Crippen molar-refractivity contribution < 1.29 is 29.3 Å². The lowest BCUT2D eigenvalue weighted by Crippen LogP contribution is -2.64. The fourth-order valence-electron chi connectivity index (χ4n) is 2.91. The fourth-order valence-corrected chi connectivity index (χ4v) is 2.91. The molecule has 24 heavy (non-hydrogen) atoms. The number of nitrogens with zero attached hydrogens (tertiary/aromatic N) is 4. The molecule has 2 saturated heterocycles. The Labute approximate surface area is 137 Å². The predicted octanol–water partition coefficient (Wildman–Crippen LogP) is 0.0514. The second-order valence-electron chi connectivity index (χ2n) is 6.18. The number of azide groups is 1. The summed E-state index contributed by atoms with van der Waals surface area (Å²) < 4.78 is 5.55. The Morgan fingerprint density at radius 1 is 1.62 bits per heavy atom. The first kappa shape index (κ1) is 18.0. The minimum absolute atomic E-state index is 0.147. The van der Waals surface area contributed by atoms with Crippen LogP contribution < -0.4 is 5.32 Å². The summed E-state index contributed by atoms with van der Waals surface area (Å²) in [6.45, 7) is 2.31. The second-order valence-corrected chi connectivity index (χ2v) is 6.18. The molecule has 2 rings (SSSR count). The van der Waals surface area contributed by atoms with Gasteiger partial charge >= 0.3 is 12.0 Å². The molecule has 3 amide bonds. The molecule has 0 radical (unpaired) electrons. The maximum atomic E-state index is 12.2. The third-order valence-electron chi connectivity index (χ3n) is 4.76. The van der Waals surface area contributed by atoms with E-state index in [2.05, 4.69) is 15.3 Å².